The molecule has 0 aromatic carbocycles. The van der Waals surface area contributed by atoms with Gasteiger partial charge in [-0.15, -0.1) is 0 Å². The van der Waals surface area contributed by atoms with Crippen molar-refractivity contribution in [2.24, 2.45) is 50.2 Å². The van der Waals surface area contributed by atoms with Crippen LogP contribution in [-0.4, -0.2) is 210 Å². The fourth-order valence-corrected chi connectivity index (χ4v) is 15.9. The Morgan fingerprint density at radius 3 is 1.90 bits per heavy atom. The maximum atomic E-state index is 13.2. The molecule has 418 valence electrons. The summed E-state index contributed by atoms with van der Waals surface area (Å²) in [6.07, 6.45) is -19.4. The molecule has 12 N–H and O–H groups in total. The van der Waals surface area contributed by atoms with Gasteiger partial charge in [-0.3, -0.25) is 4.79 Å². The maximum Gasteiger partial charge on any atom is 0.310 e. The predicted octanol–water partition coefficient (Wildman–Crippen LogP) is -0.191. The van der Waals surface area contributed by atoms with Crippen molar-refractivity contribution in [3.05, 3.63) is 11.6 Å². The number of allylic oxidation sites excluding steroid dienone is 2. The highest BCUT2D eigenvalue weighted by atomic mass is 16.8. The van der Waals surface area contributed by atoms with Gasteiger partial charge in [-0.1, -0.05) is 60.1 Å². The van der Waals surface area contributed by atoms with Crippen LogP contribution >= 0.6 is 0 Å². The molecule has 0 aromatic rings. The first-order valence-electron chi connectivity index (χ1n) is 26.6. The van der Waals surface area contributed by atoms with Crippen molar-refractivity contribution in [3.8, 4) is 0 Å². The first-order valence-corrected chi connectivity index (χ1v) is 26.6. The summed E-state index contributed by atoms with van der Waals surface area (Å²) in [5.74, 6) is -0.265. The van der Waals surface area contributed by atoms with Gasteiger partial charge in [0.1, 0.15) is 85.5 Å². The summed E-state index contributed by atoms with van der Waals surface area (Å²) >= 11 is 0. The van der Waals surface area contributed by atoms with Gasteiger partial charge in [0.15, 0.2) is 25.2 Å². The van der Waals surface area contributed by atoms with Crippen LogP contribution in [0.25, 0.3) is 0 Å². The van der Waals surface area contributed by atoms with Gasteiger partial charge < -0.3 is 99.2 Å². The van der Waals surface area contributed by atoms with Crippen LogP contribution < -0.4 is 0 Å². The Bertz CT molecular complexity index is 2010. The molecule has 8 fully saturated rings. The number of hydrogen-bond donors (Lipinski definition) is 12. The third-order valence-corrected chi connectivity index (χ3v) is 20.7. The van der Waals surface area contributed by atoms with Crippen LogP contribution in [0.15, 0.2) is 11.6 Å². The van der Waals surface area contributed by atoms with Crippen molar-refractivity contribution < 1.29 is 104 Å². The van der Waals surface area contributed by atoms with Gasteiger partial charge in [-0.25, -0.2) is 0 Å². The van der Waals surface area contributed by atoms with E-state index in [2.05, 4.69) is 54.5 Å². The maximum absolute atomic E-state index is 13.2. The fraction of sp³-hybridized carbons (Fsp3) is 0.942. The Labute approximate surface area is 426 Å². The lowest BCUT2D eigenvalue weighted by Crippen LogP contribution is -2.67. The number of carboxylic acids is 1. The molecule has 0 amide bonds. The average Bonchev–Trinajstić information content (AvgIpc) is 3.33. The van der Waals surface area contributed by atoms with Crippen molar-refractivity contribution in [2.75, 3.05) is 26.4 Å². The number of carbonyl (C=O) groups is 1. The van der Waals surface area contributed by atoms with Gasteiger partial charge in [-0.2, -0.15) is 0 Å². The molecule has 4 saturated heterocycles. The molecule has 0 radical (unpaired) electrons. The third-order valence-electron chi connectivity index (χ3n) is 20.7. The minimum absolute atomic E-state index is 0.0143. The van der Waals surface area contributed by atoms with Gasteiger partial charge in [0, 0.05) is 0 Å². The molecule has 9 aliphatic rings. The predicted molar refractivity (Wildman–Crippen MR) is 251 cm³/mol. The van der Waals surface area contributed by atoms with E-state index in [-0.39, 0.29) is 39.4 Å². The van der Waals surface area contributed by atoms with Crippen LogP contribution in [0.1, 0.15) is 113 Å². The zero-order valence-electron chi connectivity index (χ0n) is 43.2. The highest BCUT2D eigenvalue weighted by molar-refractivity contribution is 5.76. The molecule has 26 atom stereocenters. The number of rotatable bonds is 11. The van der Waals surface area contributed by atoms with E-state index < -0.39 is 160 Å². The van der Waals surface area contributed by atoms with Gasteiger partial charge >= 0.3 is 5.97 Å². The van der Waals surface area contributed by atoms with E-state index in [0.29, 0.717) is 19.3 Å². The molecular formula is C52H84O21. The van der Waals surface area contributed by atoms with Crippen molar-refractivity contribution in [1.82, 2.24) is 0 Å². The van der Waals surface area contributed by atoms with Gasteiger partial charge in [0.2, 0.25) is 0 Å². The average molecular weight is 1050 g/mol. The minimum atomic E-state index is -1.87. The lowest BCUT2D eigenvalue weighted by molar-refractivity contribution is -0.379. The monoisotopic (exact) mass is 1040 g/mol. The molecule has 21 nitrogen and oxygen atoms in total. The molecule has 0 spiro atoms. The van der Waals surface area contributed by atoms with E-state index >= 15 is 0 Å². The van der Waals surface area contributed by atoms with E-state index in [9.17, 15) is 66.1 Å². The number of aliphatic hydroxyl groups excluding tert-OH is 11. The molecule has 73 heavy (non-hydrogen) atoms. The zero-order valence-corrected chi connectivity index (χ0v) is 43.2. The minimum Gasteiger partial charge on any atom is -0.481 e. The molecule has 0 bridgehead atoms. The molecule has 5 aliphatic carbocycles. The van der Waals surface area contributed by atoms with Crippen molar-refractivity contribution in [1.29, 1.82) is 0 Å². The molecule has 4 heterocycles. The van der Waals surface area contributed by atoms with Crippen LogP contribution in [-0.2, 0) is 42.7 Å². The molecule has 9 rings (SSSR count). The molecule has 4 aliphatic heterocycles. The Kier molecular flexibility index (Phi) is 15.6. The molecule has 21 heteroatoms. The summed E-state index contributed by atoms with van der Waals surface area (Å²) in [4.78, 5) is 13.2. The number of aliphatic hydroxyl groups is 11. The van der Waals surface area contributed by atoms with Crippen molar-refractivity contribution in [3.63, 3.8) is 0 Å². The summed E-state index contributed by atoms with van der Waals surface area (Å²) in [6.45, 7) is 14.0. The first kappa shape index (κ1) is 56.2. The Morgan fingerprint density at radius 1 is 0.616 bits per heavy atom. The van der Waals surface area contributed by atoms with Gasteiger partial charge in [0.25, 0.3) is 0 Å². The summed E-state index contributed by atoms with van der Waals surface area (Å²) in [5.41, 5.74) is -0.329. The number of hydrogen-bond acceptors (Lipinski definition) is 20. The van der Waals surface area contributed by atoms with Crippen LogP contribution in [0.3, 0.4) is 0 Å². The molecular weight excluding hydrogens is 961 g/mol. The Hall–Kier alpha value is -1.55. The summed E-state index contributed by atoms with van der Waals surface area (Å²) in [6, 6.07) is 0. The standard InChI is InChI=1S/C52H84O21/c1-47(2)14-16-52(46(64)65)17-15-50(6)23(24(52)18-47)8-9-30-49(5)12-11-31(48(3,4)29(49)10-13-51(30,50)7)71-45-41(72-42-38(62)32(56)25(54)20-66-42)37(61)35(59)28(70-45)22-68-44-40(33(57)26(55)21-67-44)73-43-39(63)36(60)34(58)27(19-53)69-43/h8,24-45,53-63H,9-22H2,1-7H3,(H,64,65)/t24-,25-,26-,27+,28+,29-,30+,31-,32-,33-,34+,35-,36-,37-,38+,39+,40+,41+,42-,43-,44-,45-,49-,50+,51+,52-/m0/s1. The van der Waals surface area contributed by atoms with Crippen molar-refractivity contribution >= 4 is 5.97 Å². The summed E-state index contributed by atoms with van der Waals surface area (Å²) in [7, 11) is 0. The normalized spacial score (nSPS) is 53.7. The van der Waals surface area contributed by atoms with E-state index in [0.717, 1.165) is 44.9 Å². The van der Waals surface area contributed by atoms with Crippen LogP contribution in [0.4, 0.5) is 0 Å². The zero-order chi connectivity index (χ0) is 53.1. The third kappa shape index (κ3) is 9.29. The van der Waals surface area contributed by atoms with Crippen LogP contribution in [0.5, 0.6) is 0 Å². The van der Waals surface area contributed by atoms with E-state index in [4.69, 9.17) is 37.9 Å². The second-order valence-corrected chi connectivity index (χ2v) is 25.4. The topological polar surface area (TPSA) is 334 Å². The van der Waals surface area contributed by atoms with Crippen LogP contribution in [0.2, 0.25) is 0 Å². The first-order chi connectivity index (χ1) is 34.2. The second-order valence-electron chi connectivity index (χ2n) is 25.4. The number of ether oxygens (including phenoxy) is 8. The lowest BCUT2D eigenvalue weighted by Gasteiger charge is -2.71. The van der Waals surface area contributed by atoms with E-state index in [1.54, 1.807) is 0 Å². The van der Waals surface area contributed by atoms with Crippen molar-refractivity contribution in [2.45, 2.75) is 229 Å². The number of fused-ring (bicyclic) bond motifs is 7. The quantitative estimate of drug-likeness (QED) is 0.0942. The Balaban J connectivity index is 0.953. The molecule has 4 saturated carbocycles. The van der Waals surface area contributed by atoms with E-state index in [1.807, 2.05) is 0 Å². The SMILES string of the molecule is CC1(C)CC[C@]2(C(=O)O)CC[C@]3(C)C(=CC[C@@H]4[C@@]5(C)CC[C@H](O[C@@H]6O[C@H](CO[C@@H]7OC[C@H](O)[C@H](O)[C@H]7O[C@@H]7O[C@H](CO)[C@@H](O)[C@H](O)[C@H]7O)[C@H](O)[C@H](O)[C@H]6O[C@@H]6OC[C@H](O)[C@H](O)[C@H]6O)C(C)(C)[C@@H]5CC[C@]43C)[C@@H]2C1. The lowest BCUT2D eigenvalue weighted by atomic mass is 9.33. The van der Waals surface area contributed by atoms with E-state index in [1.165, 1.54) is 5.57 Å². The Morgan fingerprint density at radius 2 is 1.22 bits per heavy atom. The number of aliphatic carboxylic acids is 1. The molecule has 0 unspecified atom stereocenters. The highest BCUT2D eigenvalue weighted by Crippen LogP contribution is 2.76. The highest BCUT2D eigenvalue weighted by Gasteiger charge is 2.70. The largest absolute Gasteiger partial charge is 0.481 e. The summed E-state index contributed by atoms with van der Waals surface area (Å²) in [5, 5.41) is 129. The number of carboxylic acid groups (broad SMARTS) is 1. The summed E-state index contributed by atoms with van der Waals surface area (Å²) < 4.78 is 48.2. The molecule has 0 aromatic heterocycles. The van der Waals surface area contributed by atoms with Crippen LogP contribution in [0, 0.1) is 50.2 Å². The van der Waals surface area contributed by atoms with Gasteiger partial charge in [0.05, 0.1) is 37.9 Å². The van der Waals surface area contributed by atoms with Gasteiger partial charge in [-0.05, 0) is 109 Å². The fourth-order valence-electron chi connectivity index (χ4n) is 15.9. The second kappa shape index (κ2) is 20.3. The smallest absolute Gasteiger partial charge is 0.310 e.